The van der Waals surface area contributed by atoms with Crippen molar-refractivity contribution in [1.82, 2.24) is 20.0 Å². The van der Waals surface area contributed by atoms with E-state index in [0.29, 0.717) is 11.0 Å². The Balaban J connectivity index is 1.58. The van der Waals surface area contributed by atoms with Crippen molar-refractivity contribution in [2.45, 2.75) is 38.6 Å². The van der Waals surface area contributed by atoms with Crippen LogP contribution in [0.15, 0.2) is 0 Å². The number of aromatic nitrogens is 2. The minimum Gasteiger partial charge on any atom is -0.360 e. The fraction of sp³-hybridized carbons (Fsp3) is 0.786. The number of hydrogen-bond acceptors (Lipinski definition) is 6. The molecule has 3 rings (SSSR count). The Hall–Kier alpha value is -1.21. The molecule has 1 atom stereocenters. The zero-order chi connectivity index (χ0) is 14.7. The summed E-state index contributed by atoms with van der Waals surface area (Å²) in [5, 5.41) is 12.4. The number of hydrogen-bond donors (Lipinski definition) is 1. The number of piperidine rings is 1. The first kappa shape index (κ1) is 14.7. The van der Waals surface area contributed by atoms with Crippen LogP contribution in [0.5, 0.6) is 0 Å². The predicted octanol–water partition coefficient (Wildman–Crippen LogP) is 1.67. The van der Waals surface area contributed by atoms with Gasteiger partial charge in [-0.25, -0.2) is 0 Å². The summed E-state index contributed by atoms with van der Waals surface area (Å²) < 4.78 is 0. The van der Waals surface area contributed by atoms with Crippen molar-refractivity contribution >= 4 is 22.4 Å². The lowest BCUT2D eigenvalue weighted by Gasteiger charge is -2.32. The van der Waals surface area contributed by atoms with Crippen LogP contribution in [0.4, 0.5) is 5.13 Å². The van der Waals surface area contributed by atoms with Crippen LogP contribution in [-0.4, -0.2) is 64.7 Å². The highest BCUT2D eigenvalue weighted by Crippen LogP contribution is 2.23. The molecule has 0 spiro atoms. The Labute approximate surface area is 129 Å². The maximum absolute atomic E-state index is 12.5. The van der Waals surface area contributed by atoms with Gasteiger partial charge in [0.2, 0.25) is 10.1 Å². The molecule has 2 aliphatic rings. The van der Waals surface area contributed by atoms with Crippen LogP contribution in [0.3, 0.4) is 0 Å². The van der Waals surface area contributed by atoms with Gasteiger partial charge in [-0.15, -0.1) is 10.2 Å². The number of nitrogens with one attached hydrogen (secondary N) is 1. The van der Waals surface area contributed by atoms with Crippen molar-refractivity contribution in [2.75, 3.05) is 38.0 Å². The number of rotatable bonds is 4. The van der Waals surface area contributed by atoms with E-state index >= 15 is 0 Å². The summed E-state index contributed by atoms with van der Waals surface area (Å²) >= 11 is 1.35. The molecular formula is C14H23N5OS. The lowest BCUT2D eigenvalue weighted by atomic mass is 10.1. The van der Waals surface area contributed by atoms with Gasteiger partial charge in [-0.2, -0.15) is 0 Å². The number of carbonyl (C=O) groups is 1. The highest BCUT2D eigenvalue weighted by molar-refractivity contribution is 7.17. The van der Waals surface area contributed by atoms with Crippen molar-refractivity contribution in [3.05, 3.63) is 5.01 Å². The number of amides is 1. The highest BCUT2D eigenvalue weighted by Gasteiger charge is 2.32. The molecule has 0 aromatic carbocycles. The summed E-state index contributed by atoms with van der Waals surface area (Å²) in [5.41, 5.74) is 0. The zero-order valence-corrected chi connectivity index (χ0v) is 13.4. The second-order valence-corrected chi connectivity index (χ2v) is 6.71. The topological polar surface area (TPSA) is 61.4 Å². The van der Waals surface area contributed by atoms with Crippen LogP contribution in [0.25, 0.3) is 0 Å². The van der Waals surface area contributed by atoms with Crippen LogP contribution in [0, 0.1) is 0 Å². The predicted molar refractivity (Wildman–Crippen MR) is 83.8 cm³/mol. The smallest absolute Gasteiger partial charge is 0.284 e. The molecule has 0 saturated carbocycles. The largest absolute Gasteiger partial charge is 0.360 e. The van der Waals surface area contributed by atoms with Crippen molar-refractivity contribution in [3.8, 4) is 0 Å². The summed E-state index contributed by atoms with van der Waals surface area (Å²) in [6.07, 6.45) is 5.04. The van der Waals surface area contributed by atoms with Crippen molar-refractivity contribution in [2.24, 2.45) is 0 Å². The standard InChI is InChI=1S/C14H23N5OS/c1-2-15-14-17-16-12(21-14)13(20)19-9-6-11(10-19)18-7-4-3-5-8-18/h11H,2-10H2,1H3,(H,15,17). The van der Waals surface area contributed by atoms with Crippen LogP contribution < -0.4 is 5.32 Å². The van der Waals surface area contributed by atoms with E-state index in [9.17, 15) is 4.79 Å². The van der Waals surface area contributed by atoms with Gasteiger partial charge >= 0.3 is 0 Å². The second-order valence-electron chi connectivity index (χ2n) is 5.73. The maximum atomic E-state index is 12.5. The average molecular weight is 309 g/mol. The molecule has 0 radical (unpaired) electrons. The van der Waals surface area contributed by atoms with Crippen molar-refractivity contribution in [3.63, 3.8) is 0 Å². The van der Waals surface area contributed by atoms with Crippen LogP contribution in [0.1, 0.15) is 42.4 Å². The lowest BCUT2D eigenvalue weighted by Crippen LogP contribution is -2.41. The molecule has 1 amide bonds. The molecule has 2 aliphatic heterocycles. The third-order valence-corrected chi connectivity index (χ3v) is 5.16. The van der Waals surface area contributed by atoms with E-state index in [4.69, 9.17) is 0 Å². The molecular weight excluding hydrogens is 286 g/mol. The Kier molecular flexibility index (Phi) is 4.70. The molecule has 1 aromatic heterocycles. The van der Waals surface area contributed by atoms with E-state index in [-0.39, 0.29) is 5.91 Å². The number of anilines is 1. The zero-order valence-electron chi connectivity index (χ0n) is 12.5. The van der Waals surface area contributed by atoms with Gasteiger partial charge in [0.05, 0.1) is 0 Å². The van der Waals surface area contributed by atoms with Gasteiger partial charge in [0.25, 0.3) is 5.91 Å². The Morgan fingerprint density at radius 1 is 1.29 bits per heavy atom. The molecule has 3 heterocycles. The van der Waals surface area contributed by atoms with E-state index in [0.717, 1.165) is 31.2 Å². The quantitative estimate of drug-likeness (QED) is 0.917. The summed E-state index contributed by atoms with van der Waals surface area (Å²) in [7, 11) is 0. The van der Waals surface area contributed by atoms with Crippen molar-refractivity contribution < 1.29 is 4.79 Å². The highest BCUT2D eigenvalue weighted by atomic mass is 32.1. The maximum Gasteiger partial charge on any atom is 0.284 e. The van der Waals surface area contributed by atoms with Crippen LogP contribution >= 0.6 is 11.3 Å². The van der Waals surface area contributed by atoms with E-state index in [2.05, 4.69) is 20.4 Å². The molecule has 7 heteroatoms. The lowest BCUT2D eigenvalue weighted by molar-refractivity contribution is 0.0770. The first-order chi connectivity index (χ1) is 10.3. The monoisotopic (exact) mass is 309 g/mol. The third kappa shape index (κ3) is 3.35. The van der Waals surface area contributed by atoms with Gasteiger partial charge in [-0.05, 0) is 39.3 Å². The molecule has 0 aliphatic carbocycles. The van der Waals surface area contributed by atoms with Gasteiger partial charge in [-0.1, -0.05) is 17.8 Å². The normalized spacial score (nSPS) is 23.5. The van der Waals surface area contributed by atoms with Gasteiger partial charge in [-0.3, -0.25) is 9.69 Å². The SMILES string of the molecule is CCNc1nnc(C(=O)N2CCC(N3CCCCC3)C2)s1. The summed E-state index contributed by atoms with van der Waals surface area (Å²) in [6, 6.07) is 0.537. The van der Waals surface area contributed by atoms with E-state index in [1.54, 1.807) is 0 Å². The van der Waals surface area contributed by atoms with Gasteiger partial charge in [0, 0.05) is 25.7 Å². The van der Waals surface area contributed by atoms with Gasteiger partial charge in [0.15, 0.2) is 0 Å². The number of carbonyl (C=O) groups excluding carboxylic acids is 1. The molecule has 21 heavy (non-hydrogen) atoms. The summed E-state index contributed by atoms with van der Waals surface area (Å²) in [5.74, 6) is 0.0381. The van der Waals surface area contributed by atoms with Crippen molar-refractivity contribution in [1.29, 1.82) is 0 Å². The Morgan fingerprint density at radius 2 is 2.10 bits per heavy atom. The van der Waals surface area contributed by atoms with E-state index < -0.39 is 0 Å². The number of likely N-dealkylation sites (tertiary alicyclic amines) is 2. The van der Waals surface area contributed by atoms with E-state index in [1.807, 2.05) is 11.8 Å². The first-order valence-electron chi connectivity index (χ1n) is 7.88. The van der Waals surface area contributed by atoms with E-state index in [1.165, 1.54) is 43.7 Å². The molecule has 116 valence electrons. The molecule has 2 saturated heterocycles. The van der Waals surface area contributed by atoms with Gasteiger partial charge < -0.3 is 10.2 Å². The summed E-state index contributed by atoms with van der Waals surface area (Å²) in [6.45, 7) is 6.87. The Morgan fingerprint density at radius 3 is 2.86 bits per heavy atom. The third-order valence-electron chi connectivity index (χ3n) is 4.29. The molecule has 1 aromatic rings. The van der Waals surface area contributed by atoms with Gasteiger partial charge in [0.1, 0.15) is 0 Å². The minimum absolute atomic E-state index is 0.0381. The first-order valence-corrected chi connectivity index (χ1v) is 8.70. The summed E-state index contributed by atoms with van der Waals surface area (Å²) in [4.78, 5) is 17.0. The Bertz CT molecular complexity index is 485. The number of nitrogens with zero attached hydrogens (tertiary/aromatic N) is 4. The molecule has 6 nitrogen and oxygen atoms in total. The molecule has 2 fully saturated rings. The molecule has 0 bridgehead atoms. The fourth-order valence-corrected chi connectivity index (χ4v) is 3.95. The second kappa shape index (κ2) is 6.70. The van der Waals surface area contributed by atoms with Crippen LogP contribution in [0.2, 0.25) is 0 Å². The van der Waals surface area contributed by atoms with Crippen LogP contribution in [-0.2, 0) is 0 Å². The minimum atomic E-state index is 0.0381. The molecule has 1 unspecified atom stereocenters. The molecule has 1 N–H and O–H groups in total. The average Bonchev–Trinajstić information content (AvgIpc) is 3.17. The fourth-order valence-electron chi connectivity index (χ4n) is 3.18.